The third-order valence-electron chi connectivity index (χ3n) is 2.85. The second-order valence-electron chi connectivity index (χ2n) is 4.17. The number of ether oxygens (including phenoxy) is 1. The van der Waals surface area contributed by atoms with E-state index in [-0.39, 0.29) is 0 Å². The number of aromatic nitrogens is 2. The second-order valence-corrected chi connectivity index (χ2v) is 5.03. The van der Waals surface area contributed by atoms with Gasteiger partial charge >= 0.3 is 0 Å². The number of nitrogens with one attached hydrogen (secondary N) is 2. The van der Waals surface area contributed by atoms with E-state index >= 15 is 0 Å². The molecular weight excluding hydrogens is 234 g/mol. The lowest BCUT2D eigenvalue weighted by molar-refractivity contribution is 0.0767. The molecule has 1 aliphatic heterocycles. The summed E-state index contributed by atoms with van der Waals surface area (Å²) in [5, 5.41) is 6.66. The van der Waals surface area contributed by atoms with Crippen molar-refractivity contribution in [2.75, 3.05) is 19.8 Å². The zero-order valence-corrected chi connectivity index (χ0v) is 10.3. The maximum absolute atomic E-state index is 5.44. The minimum atomic E-state index is 0.407. The number of aromatic amines is 1. The van der Waals surface area contributed by atoms with Crippen LogP contribution in [0.3, 0.4) is 0 Å². The van der Waals surface area contributed by atoms with Gasteiger partial charge in [0, 0.05) is 42.3 Å². The molecular formula is C12H15N3OS. The maximum Gasteiger partial charge on any atom is 0.125 e. The number of H-pyrrole nitrogens is 1. The molecule has 5 heteroatoms. The smallest absolute Gasteiger partial charge is 0.125 e. The molecule has 2 aromatic rings. The van der Waals surface area contributed by atoms with Crippen LogP contribution in [0.25, 0.3) is 10.6 Å². The summed E-state index contributed by atoms with van der Waals surface area (Å²) in [5.41, 5.74) is 2.31. The van der Waals surface area contributed by atoms with E-state index < -0.39 is 0 Å². The average Bonchev–Trinajstić information content (AvgIpc) is 3.00. The third kappa shape index (κ3) is 2.57. The highest BCUT2D eigenvalue weighted by molar-refractivity contribution is 7.13. The van der Waals surface area contributed by atoms with Crippen molar-refractivity contribution in [2.45, 2.75) is 12.5 Å². The lowest BCUT2D eigenvalue weighted by atomic mass is 10.1. The Morgan fingerprint density at radius 1 is 1.53 bits per heavy atom. The van der Waals surface area contributed by atoms with Gasteiger partial charge in [0.1, 0.15) is 5.01 Å². The molecule has 3 rings (SSSR count). The molecule has 17 heavy (non-hydrogen) atoms. The lowest BCUT2D eigenvalue weighted by Gasteiger charge is -2.22. The summed E-state index contributed by atoms with van der Waals surface area (Å²) in [4.78, 5) is 7.70. The van der Waals surface area contributed by atoms with E-state index in [4.69, 9.17) is 4.74 Å². The molecule has 3 heterocycles. The van der Waals surface area contributed by atoms with E-state index in [2.05, 4.69) is 20.7 Å². The van der Waals surface area contributed by atoms with Gasteiger partial charge in [0.05, 0.1) is 18.9 Å². The van der Waals surface area contributed by atoms with Gasteiger partial charge in [0.2, 0.25) is 0 Å². The van der Waals surface area contributed by atoms with Crippen LogP contribution in [0.1, 0.15) is 5.69 Å². The molecule has 0 bridgehead atoms. The van der Waals surface area contributed by atoms with Gasteiger partial charge in [-0.25, -0.2) is 4.98 Å². The minimum Gasteiger partial charge on any atom is -0.379 e. The van der Waals surface area contributed by atoms with Crippen LogP contribution in [-0.4, -0.2) is 35.8 Å². The van der Waals surface area contributed by atoms with Crippen molar-refractivity contribution < 1.29 is 4.74 Å². The molecule has 1 saturated heterocycles. The van der Waals surface area contributed by atoms with E-state index in [1.165, 1.54) is 0 Å². The van der Waals surface area contributed by atoms with Crippen LogP contribution in [0.15, 0.2) is 23.8 Å². The van der Waals surface area contributed by atoms with Crippen molar-refractivity contribution in [1.29, 1.82) is 0 Å². The van der Waals surface area contributed by atoms with Crippen LogP contribution in [0, 0.1) is 0 Å². The van der Waals surface area contributed by atoms with E-state index in [0.717, 1.165) is 42.4 Å². The van der Waals surface area contributed by atoms with Crippen molar-refractivity contribution in [1.82, 2.24) is 15.3 Å². The monoisotopic (exact) mass is 249 g/mol. The van der Waals surface area contributed by atoms with Gasteiger partial charge in [-0.05, 0) is 6.07 Å². The fourth-order valence-electron chi connectivity index (χ4n) is 1.99. The summed E-state index contributed by atoms with van der Waals surface area (Å²) in [6.07, 6.45) is 4.85. The van der Waals surface area contributed by atoms with Crippen LogP contribution >= 0.6 is 11.3 Å². The van der Waals surface area contributed by atoms with Gasteiger partial charge in [0.15, 0.2) is 0 Å². The van der Waals surface area contributed by atoms with Gasteiger partial charge in [0.25, 0.3) is 0 Å². The summed E-state index contributed by atoms with van der Waals surface area (Å²) < 4.78 is 5.44. The molecule has 1 unspecified atom stereocenters. The van der Waals surface area contributed by atoms with E-state index in [1.807, 2.05) is 18.5 Å². The molecule has 1 fully saturated rings. The first-order valence-corrected chi connectivity index (χ1v) is 6.68. The first-order chi connectivity index (χ1) is 8.42. The summed E-state index contributed by atoms with van der Waals surface area (Å²) in [7, 11) is 0. The Hall–Kier alpha value is -1.17. The highest BCUT2D eigenvalue weighted by Gasteiger charge is 2.15. The fraction of sp³-hybridized carbons (Fsp3) is 0.417. The van der Waals surface area contributed by atoms with Gasteiger partial charge in [-0.2, -0.15) is 0 Å². The first-order valence-electron chi connectivity index (χ1n) is 5.80. The van der Waals surface area contributed by atoms with Crippen molar-refractivity contribution in [3.05, 3.63) is 29.5 Å². The first kappa shape index (κ1) is 11.0. The molecule has 0 aliphatic carbocycles. The van der Waals surface area contributed by atoms with Crippen molar-refractivity contribution in [2.24, 2.45) is 0 Å². The molecule has 0 spiro atoms. The molecule has 0 aromatic carbocycles. The molecule has 0 saturated carbocycles. The normalized spacial score (nSPS) is 20.6. The predicted octanol–water partition coefficient (Wildman–Crippen LogP) is 1.67. The maximum atomic E-state index is 5.44. The highest BCUT2D eigenvalue weighted by Crippen LogP contribution is 2.23. The van der Waals surface area contributed by atoms with Crippen LogP contribution in [0.4, 0.5) is 0 Å². The zero-order chi connectivity index (χ0) is 11.5. The van der Waals surface area contributed by atoms with Crippen LogP contribution in [0.5, 0.6) is 0 Å². The van der Waals surface area contributed by atoms with Crippen LogP contribution < -0.4 is 5.32 Å². The van der Waals surface area contributed by atoms with Crippen molar-refractivity contribution >= 4 is 11.3 Å². The Morgan fingerprint density at radius 3 is 3.29 bits per heavy atom. The van der Waals surface area contributed by atoms with Gasteiger partial charge in [-0.15, -0.1) is 11.3 Å². The second kappa shape index (κ2) is 5.00. The minimum absolute atomic E-state index is 0.407. The van der Waals surface area contributed by atoms with E-state index in [9.17, 15) is 0 Å². The lowest BCUT2D eigenvalue weighted by Crippen LogP contribution is -2.42. The molecule has 1 aliphatic rings. The van der Waals surface area contributed by atoms with Crippen LogP contribution in [-0.2, 0) is 11.2 Å². The SMILES string of the molecule is c1cc(-c2nc(CC3COCCN3)cs2)c[nH]1. The average molecular weight is 249 g/mol. The van der Waals surface area contributed by atoms with Crippen molar-refractivity contribution in [3.8, 4) is 10.6 Å². The Kier molecular flexibility index (Phi) is 3.22. The van der Waals surface area contributed by atoms with Crippen LogP contribution in [0.2, 0.25) is 0 Å². The fourth-order valence-corrected chi connectivity index (χ4v) is 2.82. The molecule has 0 radical (unpaired) electrons. The number of morpholine rings is 1. The molecule has 4 nitrogen and oxygen atoms in total. The third-order valence-corrected chi connectivity index (χ3v) is 3.79. The summed E-state index contributed by atoms with van der Waals surface area (Å²) in [6.45, 7) is 2.55. The zero-order valence-electron chi connectivity index (χ0n) is 9.48. The number of nitrogens with zero attached hydrogens (tertiary/aromatic N) is 1. The quantitative estimate of drug-likeness (QED) is 0.870. The standard InChI is InChI=1S/C12H15N3OS/c1-2-13-6-9(1)12-15-11(8-17-12)5-10-7-16-4-3-14-10/h1-2,6,8,10,13-14H,3-5,7H2. The van der Waals surface area contributed by atoms with E-state index in [0.29, 0.717) is 6.04 Å². The topological polar surface area (TPSA) is 49.9 Å². The number of hydrogen-bond acceptors (Lipinski definition) is 4. The summed E-state index contributed by atoms with van der Waals surface area (Å²) in [6, 6.07) is 2.45. The Labute approximate surface area is 104 Å². The largest absolute Gasteiger partial charge is 0.379 e. The Morgan fingerprint density at radius 2 is 2.53 bits per heavy atom. The number of rotatable bonds is 3. The highest BCUT2D eigenvalue weighted by atomic mass is 32.1. The Bertz CT molecular complexity index is 460. The number of thiazole rings is 1. The molecule has 90 valence electrons. The summed E-state index contributed by atoms with van der Waals surface area (Å²) in [5.74, 6) is 0. The Balaban J connectivity index is 1.68. The summed E-state index contributed by atoms with van der Waals surface area (Å²) >= 11 is 1.70. The van der Waals surface area contributed by atoms with Gasteiger partial charge < -0.3 is 15.0 Å². The van der Waals surface area contributed by atoms with Crippen molar-refractivity contribution in [3.63, 3.8) is 0 Å². The number of hydrogen-bond donors (Lipinski definition) is 2. The van der Waals surface area contributed by atoms with Gasteiger partial charge in [-0.1, -0.05) is 0 Å². The molecule has 2 N–H and O–H groups in total. The molecule has 2 aromatic heterocycles. The molecule has 1 atom stereocenters. The predicted molar refractivity (Wildman–Crippen MR) is 68.2 cm³/mol. The molecule has 0 amide bonds. The van der Waals surface area contributed by atoms with Gasteiger partial charge in [-0.3, -0.25) is 0 Å². The van der Waals surface area contributed by atoms with E-state index in [1.54, 1.807) is 11.3 Å².